The molecule has 0 fully saturated rings. The van der Waals surface area contributed by atoms with E-state index in [1.165, 1.54) is 48.5 Å². The number of carbonyl (C=O) groups excluding carboxylic acids is 1. The van der Waals surface area contributed by atoms with Crippen LogP contribution in [0, 0.1) is 11.6 Å². The zero-order chi connectivity index (χ0) is 25.7. The van der Waals surface area contributed by atoms with Gasteiger partial charge in [0.1, 0.15) is 23.1 Å². The molecular formula is C28H23F2NO4S. The second-order valence-electron chi connectivity index (χ2n) is 8.05. The number of amides is 1. The van der Waals surface area contributed by atoms with E-state index >= 15 is 0 Å². The Morgan fingerprint density at radius 3 is 2.25 bits per heavy atom. The van der Waals surface area contributed by atoms with E-state index in [1.54, 1.807) is 49.4 Å². The van der Waals surface area contributed by atoms with Crippen LogP contribution in [0.15, 0.2) is 95.9 Å². The van der Waals surface area contributed by atoms with Gasteiger partial charge in [-0.25, -0.2) is 17.2 Å². The average Bonchev–Trinajstić information content (AvgIpc) is 2.86. The Morgan fingerprint density at radius 1 is 0.861 bits per heavy atom. The first-order valence-corrected chi connectivity index (χ1v) is 12.8. The van der Waals surface area contributed by atoms with Crippen LogP contribution in [0.2, 0.25) is 0 Å². The van der Waals surface area contributed by atoms with E-state index < -0.39 is 21.5 Å². The molecule has 4 aromatic rings. The van der Waals surface area contributed by atoms with Gasteiger partial charge in [-0.15, -0.1) is 0 Å². The molecule has 0 aromatic heterocycles. The molecule has 0 heterocycles. The smallest absolute Gasteiger partial charge is 0.228 e. The third-order valence-corrected chi connectivity index (χ3v) is 7.22. The van der Waals surface area contributed by atoms with Crippen molar-refractivity contribution in [3.63, 3.8) is 0 Å². The predicted octanol–water partition coefficient (Wildman–Crippen LogP) is 6.40. The minimum absolute atomic E-state index is 0.000771. The van der Waals surface area contributed by atoms with Crippen LogP contribution >= 0.6 is 0 Å². The van der Waals surface area contributed by atoms with Gasteiger partial charge in [0.2, 0.25) is 5.91 Å². The number of benzene rings is 4. The Labute approximate surface area is 208 Å². The van der Waals surface area contributed by atoms with Gasteiger partial charge in [-0.05, 0) is 71.8 Å². The third-order valence-electron chi connectivity index (χ3n) is 5.47. The van der Waals surface area contributed by atoms with Crippen LogP contribution in [0.5, 0.6) is 11.5 Å². The van der Waals surface area contributed by atoms with Gasteiger partial charge in [0.25, 0.3) is 0 Å². The number of halogens is 2. The molecule has 0 aliphatic carbocycles. The molecule has 0 aliphatic heterocycles. The highest BCUT2D eigenvalue weighted by Crippen LogP contribution is 2.36. The van der Waals surface area contributed by atoms with E-state index in [0.29, 0.717) is 33.9 Å². The van der Waals surface area contributed by atoms with Gasteiger partial charge >= 0.3 is 0 Å². The summed E-state index contributed by atoms with van der Waals surface area (Å²) in [5.41, 5.74) is 2.26. The minimum Gasteiger partial charge on any atom is -0.457 e. The molecule has 4 aromatic carbocycles. The summed E-state index contributed by atoms with van der Waals surface area (Å²) in [5, 5.41) is 2.80. The molecule has 0 radical (unpaired) electrons. The maximum atomic E-state index is 13.9. The molecule has 184 valence electrons. The number of carbonyl (C=O) groups is 1. The van der Waals surface area contributed by atoms with Crippen molar-refractivity contribution in [2.45, 2.75) is 18.2 Å². The summed E-state index contributed by atoms with van der Waals surface area (Å²) in [6, 6.07) is 22.7. The number of hydrogen-bond donors (Lipinski definition) is 1. The quantitative estimate of drug-likeness (QED) is 0.300. The Morgan fingerprint density at radius 2 is 1.58 bits per heavy atom. The number of sulfone groups is 1. The molecule has 0 saturated carbocycles. The van der Waals surface area contributed by atoms with Gasteiger partial charge in [0.05, 0.1) is 17.1 Å². The summed E-state index contributed by atoms with van der Waals surface area (Å²) in [4.78, 5) is 12.9. The van der Waals surface area contributed by atoms with E-state index in [-0.39, 0.29) is 23.0 Å². The lowest BCUT2D eigenvalue weighted by Gasteiger charge is -2.14. The molecule has 1 N–H and O–H groups in total. The number of hydrogen-bond acceptors (Lipinski definition) is 4. The lowest BCUT2D eigenvalue weighted by molar-refractivity contribution is -0.115. The highest BCUT2D eigenvalue weighted by Gasteiger charge is 2.14. The average molecular weight is 508 g/mol. The molecule has 0 bridgehead atoms. The monoisotopic (exact) mass is 507 g/mol. The van der Waals surface area contributed by atoms with Crippen LogP contribution in [-0.2, 0) is 21.1 Å². The minimum atomic E-state index is -3.31. The number of nitrogens with one attached hydrogen (secondary N) is 1. The molecule has 1 amide bonds. The predicted molar refractivity (Wildman–Crippen MR) is 135 cm³/mol. The molecule has 5 nitrogen and oxygen atoms in total. The lowest BCUT2D eigenvalue weighted by Crippen LogP contribution is -2.14. The molecule has 0 aliphatic rings. The fraction of sp³-hybridized carbons (Fsp3) is 0.107. The maximum absolute atomic E-state index is 13.9. The first kappa shape index (κ1) is 25.1. The first-order chi connectivity index (χ1) is 17.2. The largest absolute Gasteiger partial charge is 0.457 e. The highest BCUT2D eigenvalue weighted by molar-refractivity contribution is 7.91. The molecule has 36 heavy (non-hydrogen) atoms. The van der Waals surface area contributed by atoms with E-state index in [0.717, 1.165) is 0 Å². The third kappa shape index (κ3) is 6.14. The van der Waals surface area contributed by atoms with E-state index in [2.05, 4.69) is 5.32 Å². The van der Waals surface area contributed by atoms with E-state index in [4.69, 9.17) is 4.74 Å². The summed E-state index contributed by atoms with van der Waals surface area (Å²) < 4.78 is 57.1. The zero-order valence-corrected chi connectivity index (χ0v) is 20.2. The summed E-state index contributed by atoms with van der Waals surface area (Å²) in [5.74, 6) is -0.406. The lowest BCUT2D eigenvalue weighted by atomic mass is 10.0. The number of rotatable bonds is 8. The normalized spacial score (nSPS) is 11.2. The first-order valence-electron chi connectivity index (χ1n) is 11.2. The molecule has 0 atom stereocenters. The topological polar surface area (TPSA) is 72.5 Å². The maximum Gasteiger partial charge on any atom is 0.228 e. The van der Waals surface area contributed by atoms with Gasteiger partial charge < -0.3 is 10.1 Å². The Hall–Kier alpha value is -4.04. The number of anilines is 1. The van der Waals surface area contributed by atoms with Crippen LogP contribution in [0.1, 0.15) is 12.5 Å². The van der Waals surface area contributed by atoms with Crippen molar-refractivity contribution >= 4 is 21.4 Å². The van der Waals surface area contributed by atoms with Crippen molar-refractivity contribution in [1.82, 2.24) is 0 Å². The highest BCUT2D eigenvalue weighted by atomic mass is 32.2. The molecule has 0 saturated heterocycles. The Kier molecular flexibility index (Phi) is 7.45. The van der Waals surface area contributed by atoms with Crippen LogP contribution in [0.3, 0.4) is 0 Å². The fourth-order valence-corrected chi connectivity index (χ4v) is 4.46. The standard InChI is InChI=1S/C28H23F2NO4S/c1-2-36(33,34)25-13-6-19(7-14-25)16-28(32)31-23-10-15-26(20-4-3-5-22(30)17-20)27(18-23)35-24-11-8-21(29)9-12-24/h3-15,17-18H,2,16H2,1H3,(H,31,32). The van der Waals surface area contributed by atoms with E-state index in [1.807, 2.05) is 0 Å². The van der Waals surface area contributed by atoms with Gasteiger partial charge in [-0.2, -0.15) is 0 Å². The van der Waals surface area contributed by atoms with Crippen molar-refractivity contribution < 1.29 is 26.7 Å². The van der Waals surface area contributed by atoms with Crippen LogP contribution in [-0.4, -0.2) is 20.1 Å². The van der Waals surface area contributed by atoms with Crippen molar-refractivity contribution in [2.75, 3.05) is 11.1 Å². The second-order valence-corrected chi connectivity index (χ2v) is 10.3. The summed E-state index contributed by atoms with van der Waals surface area (Å²) in [7, 11) is -3.31. The van der Waals surface area contributed by atoms with Crippen LogP contribution < -0.4 is 10.1 Å². The second kappa shape index (κ2) is 10.7. The molecular weight excluding hydrogens is 484 g/mol. The Bertz CT molecular complexity index is 1490. The molecule has 8 heteroatoms. The van der Waals surface area contributed by atoms with Gasteiger partial charge in [0, 0.05) is 17.3 Å². The van der Waals surface area contributed by atoms with Gasteiger partial charge in [-0.1, -0.05) is 31.2 Å². The van der Waals surface area contributed by atoms with Crippen molar-refractivity contribution in [2.24, 2.45) is 0 Å². The van der Waals surface area contributed by atoms with Crippen LogP contribution in [0.25, 0.3) is 11.1 Å². The molecule has 4 rings (SSSR count). The summed E-state index contributed by atoms with van der Waals surface area (Å²) in [6.07, 6.45) is 0.0340. The van der Waals surface area contributed by atoms with Gasteiger partial charge in [0.15, 0.2) is 9.84 Å². The zero-order valence-electron chi connectivity index (χ0n) is 19.4. The van der Waals surface area contributed by atoms with Crippen molar-refractivity contribution in [3.05, 3.63) is 108 Å². The number of ether oxygens (including phenoxy) is 1. The van der Waals surface area contributed by atoms with Crippen molar-refractivity contribution in [3.8, 4) is 22.6 Å². The summed E-state index contributed by atoms with van der Waals surface area (Å²) in [6.45, 7) is 1.57. The fourth-order valence-electron chi connectivity index (χ4n) is 3.58. The van der Waals surface area contributed by atoms with Gasteiger partial charge in [-0.3, -0.25) is 4.79 Å². The van der Waals surface area contributed by atoms with Crippen LogP contribution in [0.4, 0.5) is 14.5 Å². The van der Waals surface area contributed by atoms with E-state index in [9.17, 15) is 22.0 Å². The molecule has 0 spiro atoms. The summed E-state index contributed by atoms with van der Waals surface area (Å²) >= 11 is 0. The van der Waals surface area contributed by atoms with Crippen molar-refractivity contribution in [1.29, 1.82) is 0 Å². The molecule has 0 unspecified atom stereocenters. The Balaban J connectivity index is 1.56. The SMILES string of the molecule is CCS(=O)(=O)c1ccc(CC(=O)Nc2ccc(-c3cccc(F)c3)c(Oc3ccc(F)cc3)c2)cc1.